The highest BCUT2D eigenvalue weighted by molar-refractivity contribution is 5.51. The molecule has 14 heavy (non-hydrogen) atoms. The maximum Gasteiger partial charge on any atom is 0.217 e. The van der Waals surface area contributed by atoms with E-state index in [1.807, 2.05) is 13.0 Å². The fourth-order valence-electron chi connectivity index (χ4n) is 1.35. The summed E-state index contributed by atoms with van der Waals surface area (Å²) < 4.78 is 5.30. The van der Waals surface area contributed by atoms with Gasteiger partial charge in [0.05, 0.1) is 6.26 Å². The molecule has 0 saturated carbocycles. The SMILES string of the molecule is CCCc1nc(-c2occc2C)n[nH]1. The molecule has 4 heteroatoms. The van der Waals surface area contributed by atoms with Gasteiger partial charge in [-0.1, -0.05) is 6.92 Å². The Morgan fingerprint density at radius 2 is 2.36 bits per heavy atom. The number of aromatic nitrogens is 3. The number of hydrogen-bond donors (Lipinski definition) is 1. The van der Waals surface area contributed by atoms with E-state index in [1.54, 1.807) is 6.26 Å². The molecule has 2 aromatic rings. The third kappa shape index (κ3) is 1.55. The molecule has 0 aliphatic rings. The quantitative estimate of drug-likeness (QED) is 0.810. The van der Waals surface area contributed by atoms with E-state index in [-0.39, 0.29) is 0 Å². The Bertz CT molecular complexity index is 416. The molecular weight excluding hydrogens is 178 g/mol. The van der Waals surface area contributed by atoms with Crippen LogP contribution in [-0.4, -0.2) is 15.2 Å². The molecule has 0 aromatic carbocycles. The molecule has 0 bridgehead atoms. The zero-order valence-corrected chi connectivity index (χ0v) is 8.37. The topological polar surface area (TPSA) is 54.7 Å². The van der Waals surface area contributed by atoms with Gasteiger partial charge in [-0.25, -0.2) is 4.98 Å². The maximum absolute atomic E-state index is 5.30. The van der Waals surface area contributed by atoms with Crippen LogP contribution in [0.2, 0.25) is 0 Å². The van der Waals surface area contributed by atoms with Crippen molar-refractivity contribution in [2.75, 3.05) is 0 Å². The number of nitrogens with one attached hydrogen (secondary N) is 1. The van der Waals surface area contributed by atoms with Crippen LogP contribution in [0, 0.1) is 6.92 Å². The minimum Gasteiger partial charge on any atom is -0.461 e. The Balaban J connectivity index is 2.29. The van der Waals surface area contributed by atoms with Gasteiger partial charge in [-0.15, -0.1) is 0 Å². The average Bonchev–Trinajstić information content (AvgIpc) is 2.74. The summed E-state index contributed by atoms with van der Waals surface area (Å²) in [6.07, 6.45) is 3.64. The molecule has 2 rings (SSSR count). The van der Waals surface area contributed by atoms with Gasteiger partial charge in [0.1, 0.15) is 5.82 Å². The zero-order chi connectivity index (χ0) is 9.97. The lowest BCUT2D eigenvalue weighted by Crippen LogP contribution is -1.85. The van der Waals surface area contributed by atoms with Gasteiger partial charge in [-0.3, -0.25) is 5.10 Å². The minimum atomic E-state index is 0.649. The molecule has 0 aliphatic heterocycles. The van der Waals surface area contributed by atoms with Crippen molar-refractivity contribution in [2.24, 2.45) is 0 Å². The third-order valence-electron chi connectivity index (χ3n) is 2.08. The number of rotatable bonds is 3. The van der Waals surface area contributed by atoms with Crippen molar-refractivity contribution >= 4 is 0 Å². The fraction of sp³-hybridized carbons (Fsp3) is 0.400. The van der Waals surface area contributed by atoms with Crippen molar-refractivity contribution in [3.8, 4) is 11.6 Å². The van der Waals surface area contributed by atoms with E-state index in [0.29, 0.717) is 5.82 Å². The first kappa shape index (κ1) is 8.99. The van der Waals surface area contributed by atoms with E-state index >= 15 is 0 Å². The van der Waals surface area contributed by atoms with Gasteiger partial charge in [-0.2, -0.15) is 5.10 Å². The number of hydrogen-bond acceptors (Lipinski definition) is 3. The second-order valence-electron chi connectivity index (χ2n) is 3.29. The van der Waals surface area contributed by atoms with Crippen LogP contribution in [0.4, 0.5) is 0 Å². The largest absolute Gasteiger partial charge is 0.461 e. The van der Waals surface area contributed by atoms with Crippen molar-refractivity contribution in [2.45, 2.75) is 26.7 Å². The highest BCUT2D eigenvalue weighted by atomic mass is 16.3. The van der Waals surface area contributed by atoms with Gasteiger partial charge >= 0.3 is 0 Å². The predicted molar refractivity (Wildman–Crippen MR) is 52.8 cm³/mol. The summed E-state index contributed by atoms with van der Waals surface area (Å²) in [7, 11) is 0. The zero-order valence-electron chi connectivity index (χ0n) is 8.37. The summed E-state index contributed by atoms with van der Waals surface area (Å²) in [4.78, 5) is 4.34. The maximum atomic E-state index is 5.30. The highest BCUT2D eigenvalue weighted by Gasteiger charge is 2.10. The molecule has 74 valence electrons. The Morgan fingerprint density at radius 1 is 1.50 bits per heavy atom. The van der Waals surface area contributed by atoms with Gasteiger partial charge < -0.3 is 4.42 Å². The molecule has 2 heterocycles. The number of aromatic amines is 1. The van der Waals surface area contributed by atoms with E-state index in [2.05, 4.69) is 22.1 Å². The number of furan rings is 1. The van der Waals surface area contributed by atoms with Crippen molar-refractivity contribution in [3.63, 3.8) is 0 Å². The molecule has 0 saturated heterocycles. The number of nitrogens with zero attached hydrogens (tertiary/aromatic N) is 2. The van der Waals surface area contributed by atoms with Crippen LogP contribution in [0.25, 0.3) is 11.6 Å². The fourth-order valence-corrected chi connectivity index (χ4v) is 1.35. The normalized spacial score (nSPS) is 10.7. The van der Waals surface area contributed by atoms with Crippen LogP contribution in [0.1, 0.15) is 24.7 Å². The van der Waals surface area contributed by atoms with Crippen LogP contribution >= 0.6 is 0 Å². The van der Waals surface area contributed by atoms with E-state index < -0.39 is 0 Å². The van der Waals surface area contributed by atoms with Crippen molar-refractivity contribution in [1.29, 1.82) is 0 Å². The monoisotopic (exact) mass is 191 g/mol. The van der Waals surface area contributed by atoms with Crippen molar-refractivity contribution in [3.05, 3.63) is 23.7 Å². The van der Waals surface area contributed by atoms with E-state index in [0.717, 1.165) is 30.0 Å². The van der Waals surface area contributed by atoms with Gasteiger partial charge in [0.15, 0.2) is 5.76 Å². The standard InChI is InChI=1S/C10H13N3O/c1-3-4-8-11-10(13-12-8)9-7(2)5-6-14-9/h5-6H,3-4H2,1-2H3,(H,11,12,13). The average molecular weight is 191 g/mol. The lowest BCUT2D eigenvalue weighted by Gasteiger charge is -1.89. The Hall–Kier alpha value is -1.58. The number of aryl methyl sites for hydroxylation is 2. The summed E-state index contributed by atoms with van der Waals surface area (Å²) in [5.41, 5.74) is 1.06. The first-order chi connectivity index (χ1) is 6.81. The van der Waals surface area contributed by atoms with Gasteiger partial charge in [-0.05, 0) is 25.0 Å². The van der Waals surface area contributed by atoms with Crippen LogP contribution in [0.5, 0.6) is 0 Å². The molecule has 0 spiro atoms. The van der Waals surface area contributed by atoms with E-state index in [1.165, 1.54) is 0 Å². The molecule has 2 aromatic heterocycles. The summed E-state index contributed by atoms with van der Waals surface area (Å²) in [5, 5.41) is 7.01. The highest BCUT2D eigenvalue weighted by Crippen LogP contribution is 2.20. The molecule has 0 amide bonds. The van der Waals surface area contributed by atoms with Crippen LogP contribution in [-0.2, 0) is 6.42 Å². The Morgan fingerprint density at radius 3 is 3.00 bits per heavy atom. The smallest absolute Gasteiger partial charge is 0.217 e. The molecule has 0 radical (unpaired) electrons. The molecule has 0 unspecified atom stereocenters. The summed E-state index contributed by atoms with van der Waals surface area (Å²) >= 11 is 0. The van der Waals surface area contributed by atoms with Crippen molar-refractivity contribution < 1.29 is 4.42 Å². The van der Waals surface area contributed by atoms with Gasteiger partial charge in [0.25, 0.3) is 0 Å². The molecule has 4 nitrogen and oxygen atoms in total. The van der Waals surface area contributed by atoms with Crippen LogP contribution in [0.3, 0.4) is 0 Å². The van der Waals surface area contributed by atoms with Crippen LogP contribution < -0.4 is 0 Å². The lowest BCUT2D eigenvalue weighted by molar-refractivity contribution is 0.576. The second-order valence-corrected chi connectivity index (χ2v) is 3.29. The van der Waals surface area contributed by atoms with E-state index in [4.69, 9.17) is 4.42 Å². The molecule has 0 fully saturated rings. The first-order valence-corrected chi connectivity index (χ1v) is 4.77. The second kappa shape index (κ2) is 3.65. The minimum absolute atomic E-state index is 0.649. The van der Waals surface area contributed by atoms with Gasteiger partial charge in [0.2, 0.25) is 5.82 Å². The summed E-state index contributed by atoms with van der Waals surface area (Å²) in [5.74, 6) is 2.32. The van der Waals surface area contributed by atoms with Crippen LogP contribution in [0.15, 0.2) is 16.7 Å². The first-order valence-electron chi connectivity index (χ1n) is 4.77. The summed E-state index contributed by atoms with van der Waals surface area (Å²) in [6.45, 7) is 4.09. The molecule has 0 aliphatic carbocycles. The molecule has 1 N–H and O–H groups in total. The lowest BCUT2D eigenvalue weighted by atomic mass is 10.3. The molecule has 0 atom stereocenters. The van der Waals surface area contributed by atoms with E-state index in [9.17, 15) is 0 Å². The third-order valence-corrected chi connectivity index (χ3v) is 2.08. The number of H-pyrrole nitrogens is 1. The predicted octanol–water partition coefficient (Wildman–Crippen LogP) is 2.33. The molecular formula is C10H13N3O. The Labute approximate surface area is 82.4 Å². The Kier molecular flexibility index (Phi) is 2.35. The van der Waals surface area contributed by atoms with Gasteiger partial charge in [0, 0.05) is 6.42 Å². The van der Waals surface area contributed by atoms with Crippen molar-refractivity contribution in [1.82, 2.24) is 15.2 Å². The summed E-state index contributed by atoms with van der Waals surface area (Å²) in [6, 6.07) is 1.91.